The minimum absolute atomic E-state index is 0.0955. The lowest BCUT2D eigenvalue weighted by Crippen LogP contribution is -2.14. The molecule has 0 saturated heterocycles. The molecule has 0 bridgehead atoms. The predicted octanol–water partition coefficient (Wildman–Crippen LogP) is 3.77. The molecule has 0 atom stereocenters. The van der Waals surface area contributed by atoms with E-state index >= 15 is 0 Å². The molecule has 0 fully saturated rings. The molecule has 0 saturated carbocycles. The number of hydrogen-bond donors (Lipinski definition) is 1. The van der Waals surface area contributed by atoms with Crippen molar-refractivity contribution in [3.63, 3.8) is 0 Å². The molecule has 3 aromatic rings. The van der Waals surface area contributed by atoms with Gasteiger partial charge in [0.1, 0.15) is 0 Å². The molecule has 1 amide bonds. The maximum atomic E-state index is 12.1. The Bertz CT molecular complexity index is 870. The summed E-state index contributed by atoms with van der Waals surface area (Å²) in [6, 6.07) is 8.19. The number of thioether (sulfide) groups is 1. The summed E-state index contributed by atoms with van der Waals surface area (Å²) in [7, 11) is 0. The zero-order valence-corrected chi connectivity index (χ0v) is 15.9. The number of carbonyl (C=O) groups excluding carboxylic acids is 1. The fourth-order valence-electron chi connectivity index (χ4n) is 2.29. The Hall–Kier alpha value is -2.19. The van der Waals surface area contributed by atoms with Gasteiger partial charge in [0, 0.05) is 17.5 Å². The second kappa shape index (κ2) is 7.79. The molecule has 0 aliphatic carbocycles. The fourth-order valence-corrected chi connectivity index (χ4v) is 3.80. The lowest BCUT2D eigenvalue weighted by Gasteiger charge is -2.07. The van der Waals surface area contributed by atoms with Gasteiger partial charge in [-0.25, -0.2) is 4.98 Å². The number of carbonyl (C=O) groups is 1. The minimum atomic E-state index is -0.0955. The Labute approximate surface area is 154 Å². The normalized spacial score (nSPS) is 10.8. The van der Waals surface area contributed by atoms with Crippen molar-refractivity contribution in [2.24, 2.45) is 0 Å². The Morgan fingerprint density at radius 2 is 2.00 bits per heavy atom. The first-order valence-electron chi connectivity index (χ1n) is 7.92. The second-order valence-corrected chi connectivity index (χ2v) is 7.35. The smallest absolute Gasteiger partial charge is 0.236 e. The van der Waals surface area contributed by atoms with Crippen LogP contribution in [0.3, 0.4) is 0 Å². The lowest BCUT2D eigenvalue weighted by molar-refractivity contribution is -0.113. The van der Waals surface area contributed by atoms with E-state index in [1.54, 1.807) is 0 Å². The molecule has 1 aromatic carbocycles. The quantitative estimate of drug-likeness (QED) is 0.666. The van der Waals surface area contributed by atoms with Crippen molar-refractivity contribution in [2.75, 3.05) is 11.1 Å². The van der Waals surface area contributed by atoms with Gasteiger partial charge in [-0.3, -0.25) is 4.79 Å². The monoisotopic (exact) mass is 373 g/mol. The number of aromatic nitrogens is 4. The van der Waals surface area contributed by atoms with Crippen LogP contribution in [-0.4, -0.2) is 31.4 Å². The lowest BCUT2D eigenvalue weighted by atomic mass is 10.1. The molecule has 0 aliphatic rings. The zero-order chi connectivity index (χ0) is 17.8. The highest BCUT2D eigenvalue weighted by Gasteiger charge is 2.15. The Kier molecular flexibility index (Phi) is 5.50. The molecule has 130 valence electrons. The summed E-state index contributed by atoms with van der Waals surface area (Å²) in [5.41, 5.74) is 3.13. The van der Waals surface area contributed by atoms with E-state index in [9.17, 15) is 4.79 Å². The van der Waals surface area contributed by atoms with Gasteiger partial charge in [-0.15, -0.1) is 21.5 Å². The van der Waals surface area contributed by atoms with Crippen molar-refractivity contribution in [1.29, 1.82) is 0 Å². The summed E-state index contributed by atoms with van der Waals surface area (Å²) >= 11 is 2.80. The summed E-state index contributed by atoms with van der Waals surface area (Å²) in [5, 5.41) is 14.6. The molecule has 6 nitrogen and oxygen atoms in total. The number of hydrogen-bond acceptors (Lipinski definition) is 6. The number of benzene rings is 1. The van der Waals surface area contributed by atoms with Crippen LogP contribution >= 0.6 is 23.1 Å². The van der Waals surface area contributed by atoms with Crippen LogP contribution in [0.1, 0.15) is 18.2 Å². The molecule has 3 rings (SSSR count). The summed E-state index contributed by atoms with van der Waals surface area (Å²) in [6.45, 7) is 6.74. The van der Waals surface area contributed by atoms with Crippen molar-refractivity contribution in [2.45, 2.75) is 32.5 Å². The number of rotatable bonds is 6. The molecule has 8 heteroatoms. The number of amides is 1. The van der Waals surface area contributed by atoms with Crippen molar-refractivity contribution < 1.29 is 4.79 Å². The van der Waals surface area contributed by atoms with Gasteiger partial charge < -0.3 is 9.88 Å². The second-order valence-electron chi connectivity index (χ2n) is 5.55. The third-order valence-corrected chi connectivity index (χ3v) is 5.38. The third kappa shape index (κ3) is 4.26. The Morgan fingerprint density at radius 1 is 1.24 bits per heavy atom. The molecule has 0 aliphatic heterocycles. The maximum absolute atomic E-state index is 12.1. The van der Waals surface area contributed by atoms with Crippen LogP contribution in [0.4, 0.5) is 5.13 Å². The van der Waals surface area contributed by atoms with E-state index in [1.807, 2.05) is 35.9 Å². The molecule has 0 spiro atoms. The average molecular weight is 374 g/mol. The molecule has 2 heterocycles. The van der Waals surface area contributed by atoms with E-state index in [0.29, 0.717) is 5.13 Å². The van der Waals surface area contributed by atoms with Gasteiger partial charge in [-0.2, -0.15) is 0 Å². The predicted molar refractivity (Wildman–Crippen MR) is 102 cm³/mol. The highest BCUT2D eigenvalue weighted by atomic mass is 32.2. The molecule has 0 radical (unpaired) electrons. The van der Waals surface area contributed by atoms with E-state index in [1.165, 1.54) is 28.7 Å². The first kappa shape index (κ1) is 17.6. The van der Waals surface area contributed by atoms with Gasteiger partial charge in [-0.1, -0.05) is 41.6 Å². The van der Waals surface area contributed by atoms with Crippen molar-refractivity contribution >= 4 is 34.1 Å². The fraction of sp³-hybridized carbons (Fsp3) is 0.294. The maximum Gasteiger partial charge on any atom is 0.236 e. The van der Waals surface area contributed by atoms with Gasteiger partial charge in [0.05, 0.1) is 11.4 Å². The van der Waals surface area contributed by atoms with Gasteiger partial charge in [0.2, 0.25) is 5.91 Å². The van der Waals surface area contributed by atoms with Crippen LogP contribution in [0.15, 0.2) is 34.8 Å². The molecule has 0 unspecified atom stereocenters. The number of thiazole rings is 1. The standard InChI is InChI=1S/C17H19N5OS2/c1-4-22-15(13-7-5-11(2)6-8-13)20-21-17(22)25-10-14(23)19-16-18-12(3)9-24-16/h5-9H,4,10H2,1-3H3,(H,18,19,23). The van der Waals surface area contributed by atoms with Gasteiger partial charge >= 0.3 is 0 Å². The molecule has 25 heavy (non-hydrogen) atoms. The highest BCUT2D eigenvalue weighted by Crippen LogP contribution is 2.24. The Balaban J connectivity index is 1.68. The van der Waals surface area contributed by atoms with Gasteiger partial charge in [0.15, 0.2) is 16.1 Å². The van der Waals surface area contributed by atoms with E-state index < -0.39 is 0 Å². The van der Waals surface area contributed by atoms with E-state index in [2.05, 4.69) is 39.6 Å². The Morgan fingerprint density at radius 3 is 2.64 bits per heavy atom. The van der Waals surface area contributed by atoms with Crippen LogP contribution in [0.2, 0.25) is 0 Å². The topological polar surface area (TPSA) is 72.7 Å². The van der Waals surface area contributed by atoms with Crippen molar-refractivity contribution in [3.05, 3.63) is 40.9 Å². The molecular weight excluding hydrogens is 354 g/mol. The van der Waals surface area contributed by atoms with E-state index in [0.717, 1.165) is 28.8 Å². The number of anilines is 1. The number of aryl methyl sites for hydroxylation is 2. The van der Waals surface area contributed by atoms with Crippen LogP contribution < -0.4 is 5.32 Å². The van der Waals surface area contributed by atoms with E-state index in [-0.39, 0.29) is 11.7 Å². The first-order valence-corrected chi connectivity index (χ1v) is 9.78. The van der Waals surface area contributed by atoms with Crippen molar-refractivity contribution in [3.8, 4) is 11.4 Å². The largest absolute Gasteiger partial charge is 0.302 e. The van der Waals surface area contributed by atoms with Gasteiger partial charge in [-0.05, 0) is 20.8 Å². The average Bonchev–Trinajstić information content (AvgIpc) is 3.19. The zero-order valence-electron chi connectivity index (χ0n) is 14.3. The SMILES string of the molecule is CCn1c(SCC(=O)Nc2nc(C)cs2)nnc1-c1ccc(C)cc1. The van der Waals surface area contributed by atoms with Crippen LogP contribution in [0.5, 0.6) is 0 Å². The third-order valence-electron chi connectivity index (χ3n) is 3.54. The summed E-state index contributed by atoms with van der Waals surface area (Å²) in [4.78, 5) is 16.3. The van der Waals surface area contributed by atoms with Gasteiger partial charge in [0.25, 0.3) is 0 Å². The molecule has 2 aromatic heterocycles. The molecule has 1 N–H and O–H groups in total. The van der Waals surface area contributed by atoms with Crippen LogP contribution in [0, 0.1) is 13.8 Å². The van der Waals surface area contributed by atoms with Crippen LogP contribution in [0.25, 0.3) is 11.4 Å². The highest BCUT2D eigenvalue weighted by molar-refractivity contribution is 7.99. The summed E-state index contributed by atoms with van der Waals surface area (Å²) in [6.07, 6.45) is 0. The minimum Gasteiger partial charge on any atom is -0.302 e. The first-order chi connectivity index (χ1) is 12.1. The number of nitrogens with one attached hydrogen (secondary N) is 1. The van der Waals surface area contributed by atoms with E-state index in [4.69, 9.17) is 0 Å². The van der Waals surface area contributed by atoms with Crippen LogP contribution in [-0.2, 0) is 11.3 Å². The number of nitrogens with zero attached hydrogens (tertiary/aromatic N) is 4. The molecular formula is C17H19N5OS2. The van der Waals surface area contributed by atoms with Crippen molar-refractivity contribution in [1.82, 2.24) is 19.7 Å². The summed E-state index contributed by atoms with van der Waals surface area (Å²) in [5.74, 6) is 0.993. The summed E-state index contributed by atoms with van der Waals surface area (Å²) < 4.78 is 2.02.